The van der Waals surface area contributed by atoms with Gasteiger partial charge in [0, 0.05) is 6.20 Å². The minimum absolute atomic E-state index is 0.113. The van der Waals surface area contributed by atoms with Crippen molar-refractivity contribution in [1.29, 1.82) is 5.26 Å². The summed E-state index contributed by atoms with van der Waals surface area (Å²) in [6, 6.07) is 19.3. The highest BCUT2D eigenvalue weighted by Crippen LogP contribution is 2.40. The van der Waals surface area contributed by atoms with Crippen molar-refractivity contribution >= 4 is 40.2 Å². The van der Waals surface area contributed by atoms with Gasteiger partial charge in [-0.25, -0.2) is 0 Å². The van der Waals surface area contributed by atoms with E-state index >= 15 is 0 Å². The molecule has 31 heavy (non-hydrogen) atoms. The van der Waals surface area contributed by atoms with Crippen molar-refractivity contribution < 1.29 is 4.42 Å². The van der Waals surface area contributed by atoms with Gasteiger partial charge in [0.15, 0.2) is 5.43 Å². The van der Waals surface area contributed by atoms with Gasteiger partial charge in [-0.15, -0.1) is 23.2 Å². The highest BCUT2D eigenvalue weighted by Gasteiger charge is 2.36. The normalized spacial score (nSPS) is 18.7. The van der Waals surface area contributed by atoms with Gasteiger partial charge in [0.05, 0.1) is 28.2 Å². The lowest BCUT2D eigenvalue weighted by Gasteiger charge is -2.33. The number of allylic oxidation sites excluding steroid dienone is 3. The summed E-state index contributed by atoms with van der Waals surface area (Å²) < 4.78 is 6.32. The van der Waals surface area contributed by atoms with E-state index in [1.165, 1.54) is 0 Å². The Morgan fingerprint density at radius 2 is 1.74 bits per heavy atom. The fourth-order valence-corrected chi connectivity index (χ4v) is 4.03. The van der Waals surface area contributed by atoms with E-state index in [1.54, 1.807) is 12.1 Å². The number of rotatable bonds is 1. The first-order chi connectivity index (χ1) is 15.2. The minimum Gasteiger partial charge on any atom is -0.459 e. The fraction of sp³-hybridized carbons (Fsp3) is 0.120. The fourth-order valence-electron chi connectivity index (χ4n) is 4.03. The maximum Gasteiger partial charge on any atom is 0.200 e. The molecule has 0 N–H and O–H groups in total. The Kier molecular flexibility index (Phi) is 6.27. The van der Waals surface area contributed by atoms with Gasteiger partial charge < -0.3 is 9.32 Å². The molecule has 4 nitrogen and oxygen atoms in total. The number of fused-ring (bicyclic) bond motifs is 3. The molecule has 5 rings (SSSR count). The Bertz CT molecular complexity index is 1290. The summed E-state index contributed by atoms with van der Waals surface area (Å²) in [4.78, 5) is 15.2. The maximum atomic E-state index is 13.3. The number of nitriles is 1. The zero-order valence-corrected chi connectivity index (χ0v) is 17.9. The van der Waals surface area contributed by atoms with Gasteiger partial charge in [-0.05, 0) is 29.8 Å². The van der Waals surface area contributed by atoms with E-state index in [-0.39, 0.29) is 22.7 Å². The second-order valence-corrected chi connectivity index (χ2v) is 7.77. The summed E-state index contributed by atoms with van der Waals surface area (Å²) in [6.45, 7) is 0. The molecule has 0 fully saturated rings. The van der Waals surface area contributed by atoms with Crippen LogP contribution in [0.5, 0.6) is 0 Å². The maximum absolute atomic E-state index is 13.3. The molecule has 0 saturated carbocycles. The van der Waals surface area contributed by atoms with Crippen LogP contribution in [0, 0.1) is 11.3 Å². The Hall–Kier alpha value is -3.26. The lowest BCUT2D eigenvalue weighted by atomic mass is 9.86. The van der Waals surface area contributed by atoms with E-state index in [1.807, 2.05) is 77.9 Å². The molecule has 0 spiro atoms. The van der Waals surface area contributed by atoms with E-state index < -0.39 is 0 Å². The molecule has 2 aromatic carbocycles. The van der Waals surface area contributed by atoms with Crippen LogP contribution in [0.2, 0.25) is 0 Å². The van der Waals surface area contributed by atoms with E-state index in [0.29, 0.717) is 28.0 Å². The highest BCUT2D eigenvalue weighted by molar-refractivity contribution is 6.40. The summed E-state index contributed by atoms with van der Waals surface area (Å²) in [6.07, 6.45) is 9.45. The van der Waals surface area contributed by atoms with Gasteiger partial charge >= 0.3 is 0 Å². The first kappa shape index (κ1) is 21.0. The first-order valence-electron chi connectivity index (χ1n) is 9.67. The lowest BCUT2D eigenvalue weighted by molar-refractivity contribution is 0.349. The SMILES string of the molecule is ClCCl.N#CC1=Cc2c(oc3ccccc3c2=O)[C@H](c2ccccc2)[C@@H]2C=CC=CN12. The predicted octanol–water partition coefficient (Wildman–Crippen LogP) is 5.98. The summed E-state index contributed by atoms with van der Waals surface area (Å²) in [5.74, 6) is 0.368. The molecule has 3 aromatic rings. The third kappa shape index (κ3) is 3.90. The summed E-state index contributed by atoms with van der Waals surface area (Å²) in [5.41, 5.74) is 2.35. The number of alkyl halides is 2. The van der Waals surface area contributed by atoms with Crippen LogP contribution in [0.15, 0.2) is 93.9 Å². The molecular formula is C25H18Cl2N2O2. The van der Waals surface area contributed by atoms with Crippen molar-refractivity contribution in [2.24, 2.45) is 0 Å². The molecule has 1 aromatic heterocycles. The number of hydrogen-bond acceptors (Lipinski definition) is 4. The molecule has 154 valence electrons. The Morgan fingerprint density at radius 3 is 2.48 bits per heavy atom. The highest BCUT2D eigenvalue weighted by atomic mass is 35.5. The van der Waals surface area contributed by atoms with E-state index in [0.717, 1.165) is 5.56 Å². The van der Waals surface area contributed by atoms with Crippen molar-refractivity contribution in [2.75, 3.05) is 5.34 Å². The van der Waals surface area contributed by atoms with Crippen molar-refractivity contribution in [2.45, 2.75) is 12.0 Å². The molecule has 0 radical (unpaired) electrons. The number of benzene rings is 2. The van der Waals surface area contributed by atoms with Crippen LogP contribution < -0.4 is 5.43 Å². The average Bonchev–Trinajstić information content (AvgIpc) is 2.95. The number of hydrogen-bond donors (Lipinski definition) is 0. The number of para-hydroxylation sites is 1. The van der Waals surface area contributed by atoms with Crippen LogP contribution in [-0.4, -0.2) is 16.3 Å². The van der Waals surface area contributed by atoms with Crippen molar-refractivity contribution in [3.05, 3.63) is 112 Å². The zero-order chi connectivity index (χ0) is 21.8. The lowest BCUT2D eigenvalue weighted by Crippen LogP contribution is -2.34. The van der Waals surface area contributed by atoms with Crippen LogP contribution in [0.4, 0.5) is 0 Å². The van der Waals surface area contributed by atoms with Gasteiger partial charge in [-0.3, -0.25) is 4.79 Å². The van der Waals surface area contributed by atoms with Crippen LogP contribution in [0.25, 0.3) is 17.0 Å². The van der Waals surface area contributed by atoms with Gasteiger partial charge in [-0.2, -0.15) is 5.26 Å². The summed E-state index contributed by atoms with van der Waals surface area (Å²) >= 11 is 9.53. The van der Waals surface area contributed by atoms with Crippen LogP contribution in [-0.2, 0) is 0 Å². The van der Waals surface area contributed by atoms with Gasteiger partial charge in [-0.1, -0.05) is 54.6 Å². The van der Waals surface area contributed by atoms with Gasteiger partial charge in [0.2, 0.25) is 0 Å². The summed E-state index contributed by atoms with van der Waals surface area (Å²) in [7, 11) is 0. The standard InChI is InChI=1S/C24H16N2O2.CH2Cl2/c25-15-17-14-19-23(27)18-10-4-5-12-21(18)28-24(19)22(16-8-2-1-3-9-16)20-11-6-7-13-26(17)20;2-1-3/h1-14,20,22H;1H2/t20-,22+;/m0./s1. The second-order valence-electron chi connectivity index (χ2n) is 6.96. The molecule has 2 atom stereocenters. The number of nitrogens with zero attached hydrogens (tertiary/aromatic N) is 2. The smallest absolute Gasteiger partial charge is 0.200 e. The van der Waals surface area contributed by atoms with Crippen LogP contribution in [0.1, 0.15) is 22.8 Å². The predicted molar refractivity (Wildman–Crippen MR) is 125 cm³/mol. The van der Waals surface area contributed by atoms with E-state index in [9.17, 15) is 10.1 Å². The van der Waals surface area contributed by atoms with E-state index in [4.69, 9.17) is 27.6 Å². The Morgan fingerprint density at radius 1 is 1.03 bits per heavy atom. The van der Waals surface area contributed by atoms with Crippen LogP contribution in [0.3, 0.4) is 0 Å². The molecule has 3 heterocycles. The monoisotopic (exact) mass is 448 g/mol. The largest absolute Gasteiger partial charge is 0.459 e. The first-order valence-corrected chi connectivity index (χ1v) is 10.7. The molecule has 0 amide bonds. The average molecular weight is 449 g/mol. The second kappa shape index (κ2) is 9.26. The Balaban J connectivity index is 0.000000730. The van der Waals surface area contributed by atoms with Crippen molar-refractivity contribution in [1.82, 2.24) is 4.90 Å². The zero-order valence-electron chi connectivity index (χ0n) is 16.4. The molecule has 0 saturated heterocycles. The topological polar surface area (TPSA) is 57.2 Å². The van der Waals surface area contributed by atoms with Crippen molar-refractivity contribution in [3.63, 3.8) is 0 Å². The van der Waals surface area contributed by atoms with Crippen LogP contribution >= 0.6 is 23.2 Å². The quantitative estimate of drug-likeness (QED) is 0.429. The molecule has 2 aliphatic heterocycles. The molecule has 6 heteroatoms. The third-order valence-corrected chi connectivity index (χ3v) is 5.31. The van der Waals surface area contributed by atoms with Gasteiger partial charge in [0.1, 0.15) is 23.1 Å². The van der Waals surface area contributed by atoms with Gasteiger partial charge in [0.25, 0.3) is 0 Å². The molecule has 2 aliphatic rings. The Labute approximate surface area is 189 Å². The third-order valence-electron chi connectivity index (χ3n) is 5.31. The summed E-state index contributed by atoms with van der Waals surface area (Å²) in [5, 5.41) is 10.5. The molecule has 0 bridgehead atoms. The molecule has 0 unspecified atom stereocenters. The molecular weight excluding hydrogens is 431 g/mol. The molecule has 0 aliphatic carbocycles. The van der Waals surface area contributed by atoms with Crippen molar-refractivity contribution in [3.8, 4) is 6.07 Å². The minimum atomic E-state index is -0.225. The number of halogens is 2. The van der Waals surface area contributed by atoms with E-state index in [2.05, 4.69) is 6.07 Å².